The van der Waals surface area contributed by atoms with Gasteiger partial charge in [0.15, 0.2) is 4.77 Å². The van der Waals surface area contributed by atoms with Gasteiger partial charge in [-0.25, -0.2) is 4.98 Å². The van der Waals surface area contributed by atoms with Crippen molar-refractivity contribution in [3.8, 4) is 0 Å². The van der Waals surface area contributed by atoms with Crippen molar-refractivity contribution in [3.05, 3.63) is 26.7 Å². The maximum atomic E-state index is 5.23. The minimum atomic E-state index is 0.363. The minimum absolute atomic E-state index is 0.363. The van der Waals surface area contributed by atoms with Crippen molar-refractivity contribution in [1.82, 2.24) is 19.7 Å². The van der Waals surface area contributed by atoms with Gasteiger partial charge in [0, 0.05) is 17.0 Å². The Morgan fingerprint density at radius 3 is 2.88 bits per heavy atom. The Morgan fingerprint density at radius 2 is 2.31 bits per heavy atom. The third kappa shape index (κ3) is 2.22. The number of hydrogen-bond donors (Lipinski definition) is 1. The first-order chi connectivity index (χ1) is 7.58. The van der Waals surface area contributed by atoms with Crippen molar-refractivity contribution in [2.24, 2.45) is 0 Å². The van der Waals surface area contributed by atoms with E-state index in [1.807, 2.05) is 17.7 Å². The van der Waals surface area contributed by atoms with E-state index in [4.69, 9.17) is 12.2 Å². The first-order valence-corrected chi connectivity index (χ1v) is 6.37. The van der Waals surface area contributed by atoms with Gasteiger partial charge >= 0.3 is 0 Å². The van der Waals surface area contributed by atoms with Crippen LogP contribution in [0.4, 0.5) is 0 Å². The first kappa shape index (κ1) is 11.5. The highest BCUT2D eigenvalue weighted by Crippen LogP contribution is 2.17. The van der Waals surface area contributed by atoms with Crippen LogP contribution in [0, 0.1) is 11.7 Å². The molecule has 0 aliphatic carbocycles. The summed E-state index contributed by atoms with van der Waals surface area (Å²) >= 11 is 6.92. The molecule has 0 fully saturated rings. The summed E-state index contributed by atoms with van der Waals surface area (Å²) in [5.74, 6) is 1.36. The fourth-order valence-corrected chi connectivity index (χ4v) is 2.55. The summed E-state index contributed by atoms with van der Waals surface area (Å²) in [4.78, 5) is 5.45. The summed E-state index contributed by atoms with van der Waals surface area (Å²) in [6.45, 7) is 6.99. The third-order valence-corrected chi connectivity index (χ3v) is 3.50. The van der Waals surface area contributed by atoms with Gasteiger partial charge in [0.05, 0.1) is 11.6 Å². The molecule has 86 valence electrons. The second kappa shape index (κ2) is 4.47. The molecule has 2 rings (SSSR count). The fraction of sp³-hybridized carbons (Fsp3) is 0.500. The Labute approximate surface area is 103 Å². The SMILES string of the molecule is Cc1ncc(Cn2c(C(C)C)n[nH]c2=S)s1. The van der Waals surface area contributed by atoms with Crippen molar-refractivity contribution in [2.45, 2.75) is 33.2 Å². The van der Waals surface area contributed by atoms with Crippen LogP contribution in [0.3, 0.4) is 0 Å². The molecule has 0 atom stereocenters. The average Bonchev–Trinajstić information content (AvgIpc) is 2.76. The van der Waals surface area contributed by atoms with Crippen LogP contribution in [-0.4, -0.2) is 19.7 Å². The highest BCUT2D eigenvalue weighted by Gasteiger charge is 2.11. The molecule has 2 aromatic heterocycles. The van der Waals surface area contributed by atoms with E-state index in [2.05, 4.69) is 29.0 Å². The second-order valence-electron chi connectivity index (χ2n) is 3.97. The van der Waals surface area contributed by atoms with Crippen molar-refractivity contribution in [1.29, 1.82) is 0 Å². The Bertz CT molecular complexity index is 535. The number of hydrogen-bond acceptors (Lipinski definition) is 4. The Balaban J connectivity index is 2.33. The molecule has 0 spiro atoms. The molecule has 2 heterocycles. The summed E-state index contributed by atoms with van der Waals surface area (Å²) in [5, 5.41) is 8.17. The van der Waals surface area contributed by atoms with Crippen LogP contribution in [0.25, 0.3) is 0 Å². The van der Waals surface area contributed by atoms with Crippen molar-refractivity contribution >= 4 is 23.6 Å². The second-order valence-corrected chi connectivity index (χ2v) is 5.68. The van der Waals surface area contributed by atoms with E-state index in [1.54, 1.807) is 11.3 Å². The molecule has 0 amide bonds. The van der Waals surface area contributed by atoms with Crippen LogP contribution in [0.1, 0.15) is 35.5 Å². The largest absolute Gasteiger partial charge is 0.299 e. The first-order valence-electron chi connectivity index (χ1n) is 5.14. The molecule has 0 saturated heterocycles. The molecule has 1 N–H and O–H groups in total. The summed E-state index contributed by atoms with van der Waals surface area (Å²) in [7, 11) is 0. The Hall–Kier alpha value is -1.01. The summed E-state index contributed by atoms with van der Waals surface area (Å²) in [6, 6.07) is 0. The molecule has 0 aliphatic rings. The lowest BCUT2D eigenvalue weighted by molar-refractivity contribution is 0.668. The van der Waals surface area contributed by atoms with Crippen LogP contribution in [0.5, 0.6) is 0 Å². The minimum Gasteiger partial charge on any atom is -0.299 e. The number of aromatic amines is 1. The van der Waals surface area contributed by atoms with Crippen LogP contribution >= 0.6 is 23.6 Å². The molecule has 2 aromatic rings. The number of H-pyrrole nitrogens is 1. The molecule has 0 aromatic carbocycles. The number of rotatable bonds is 3. The van der Waals surface area contributed by atoms with Gasteiger partial charge in [0.1, 0.15) is 5.82 Å². The summed E-state index contributed by atoms with van der Waals surface area (Å²) in [6.07, 6.45) is 1.90. The zero-order valence-electron chi connectivity index (χ0n) is 9.52. The molecule has 0 unspecified atom stereocenters. The van der Waals surface area contributed by atoms with Crippen molar-refractivity contribution in [3.63, 3.8) is 0 Å². The van der Waals surface area contributed by atoms with E-state index in [1.165, 1.54) is 4.88 Å². The molecule has 0 aliphatic heterocycles. The zero-order valence-corrected chi connectivity index (χ0v) is 11.2. The zero-order chi connectivity index (χ0) is 11.7. The number of aryl methyl sites for hydroxylation is 1. The quantitative estimate of drug-likeness (QED) is 0.857. The van der Waals surface area contributed by atoms with E-state index >= 15 is 0 Å². The van der Waals surface area contributed by atoms with Gasteiger partial charge in [-0.1, -0.05) is 13.8 Å². The topological polar surface area (TPSA) is 46.5 Å². The van der Waals surface area contributed by atoms with Gasteiger partial charge in [-0.3, -0.25) is 9.67 Å². The van der Waals surface area contributed by atoms with E-state index in [9.17, 15) is 0 Å². The van der Waals surface area contributed by atoms with E-state index in [0.29, 0.717) is 10.7 Å². The van der Waals surface area contributed by atoms with Gasteiger partial charge < -0.3 is 0 Å². The molecule has 6 heteroatoms. The predicted molar refractivity (Wildman–Crippen MR) is 67.5 cm³/mol. The maximum Gasteiger partial charge on any atom is 0.195 e. The lowest BCUT2D eigenvalue weighted by Crippen LogP contribution is -2.05. The molecule has 4 nitrogen and oxygen atoms in total. The number of aromatic nitrogens is 4. The highest BCUT2D eigenvalue weighted by molar-refractivity contribution is 7.71. The fourth-order valence-electron chi connectivity index (χ4n) is 1.56. The summed E-state index contributed by atoms with van der Waals surface area (Å²) in [5.41, 5.74) is 0. The van der Waals surface area contributed by atoms with Crippen LogP contribution in [-0.2, 0) is 6.54 Å². The van der Waals surface area contributed by atoms with E-state index in [0.717, 1.165) is 17.4 Å². The monoisotopic (exact) mass is 254 g/mol. The van der Waals surface area contributed by atoms with Crippen molar-refractivity contribution in [2.75, 3.05) is 0 Å². The van der Waals surface area contributed by atoms with Gasteiger partial charge in [-0.05, 0) is 19.1 Å². The van der Waals surface area contributed by atoms with Gasteiger partial charge in [0.2, 0.25) is 0 Å². The Morgan fingerprint density at radius 1 is 1.56 bits per heavy atom. The molecular weight excluding hydrogens is 240 g/mol. The molecule has 0 saturated carbocycles. The van der Waals surface area contributed by atoms with Gasteiger partial charge in [-0.15, -0.1) is 11.3 Å². The normalized spacial score (nSPS) is 11.2. The number of nitrogens with one attached hydrogen (secondary N) is 1. The molecule has 0 radical (unpaired) electrons. The van der Waals surface area contributed by atoms with Gasteiger partial charge in [0.25, 0.3) is 0 Å². The van der Waals surface area contributed by atoms with E-state index < -0.39 is 0 Å². The lowest BCUT2D eigenvalue weighted by Gasteiger charge is -2.07. The third-order valence-electron chi connectivity index (χ3n) is 2.29. The Kier molecular flexibility index (Phi) is 3.20. The van der Waals surface area contributed by atoms with Gasteiger partial charge in [-0.2, -0.15) is 5.10 Å². The maximum absolute atomic E-state index is 5.23. The molecule has 0 bridgehead atoms. The lowest BCUT2D eigenvalue weighted by atomic mass is 10.2. The highest BCUT2D eigenvalue weighted by atomic mass is 32.1. The van der Waals surface area contributed by atoms with Crippen molar-refractivity contribution < 1.29 is 0 Å². The summed E-state index contributed by atoms with van der Waals surface area (Å²) < 4.78 is 2.71. The van der Waals surface area contributed by atoms with E-state index in [-0.39, 0.29) is 0 Å². The number of thiazole rings is 1. The average molecular weight is 254 g/mol. The standard InChI is InChI=1S/C10H14N4S2/c1-6(2)9-12-13-10(15)14(9)5-8-4-11-7(3)16-8/h4,6H,5H2,1-3H3,(H,13,15). The smallest absolute Gasteiger partial charge is 0.195 e. The predicted octanol–water partition coefficient (Wildman–Crippen LogP) is 2.88. The number of nitrogens with zero attached hydrogens (tertiary/aromatic N) is 3. The molecular formula is C10H14N4S2. The van der Waals surface area contributed by atoms with Crippen LogP contribution in [0.2, 0.25) is 0 Å². The van der Waals surface area contributed by atoms with Crippen LogP contribution < -0.4 is 0 Å². The van der Waals surface area contributed by atoms with Crippen LogP contribution in [0.15, 0.2) is 6.20 Å². The molecule has 16 heavy (non-hydrogen) atoms.